The van der Waals surface area contributed by atoms with Crippen LogP contribution in [0.15, 0.2) is 66.7 Å². The van der Waals surface area contributed by atoms with E-state index in [1.54, 1.807) is 55.5 Å². The van der Waals surface area contributed by atoms with E-state index in [9.17, 15) is 14.0 Å². The van der Waals surface area contributed by atoms with Gasteiger partial charge < -0.3 is 10.6 Å². The van der Waals surface area contributed by atoms with Gasteiger partial charge in [-0.2, -0.15) is 5.26 Å². The first kappa shape index (κ1) is 22.8. The molecule has 0 aliphatic rings. The zero-order valence-electron chi connectivity index (χ0n) is 17.5. The van der Waals surface area contributed by atoms with Crippen molar-refractivity contribution in [3.8, 4) is 6.07 Å². The summed E-state index contributed by atoms with van der Waals surface area (Å²) >= 11 is 4.30. The van der Waals surface area contributed by atoms with Gasteiger partial charge in [0.15, 0.2) is 0 Å². The molecule has 3 aromatic carbocycles. The molecule has 8 heteroatoms. The van der Waals surface area contributed by atoms with Crippen LogP contribution in [0, 0.1) is 24.1 Å². The number of urea groups is 1. The number of hydrogen-bond acceptors (Lipinski definition) is 4. The Morgan fingerprint density at radius 2 is 1.78 bits per heavy atom. The molecular formula is C24H21FN4O2S. The molecule has 0 aliphatic heterocycles. The molecule has 3 amide bonds. The van der Waals surface area contributed by atoms with Crippen LogP contribution >= 0.6 is 12.8 Å². The SMILES string of the molecule is Cc1cc(N(S)C(=O)NC(C)c2ccc(C#N)cc2)ccc1NC(=O)c1ccccc1F. The molecule has 0 spiro atoms. The highest BCUT2D eigenvalue weighted by Gasteiger charge is 2.17. The number of nitrogens with one attached hydrogen (secondary N) is 2. The number of thiol groups is 1. The molecule has 0 aromatic heterocycles. The van der Waals surface area contributed by atoms with E-state index in [4.69, 9.17) is 5.26 Å². The molecule has 3 aromatic rings. The number of benzene rings is 3. The van der Waals surface area contributed by atoms with Crippen molar-refractivity contribution in [2.45, 2.75) is 19.9 Å². The molecule has 0 fully saturated rings. The zero-order valence-corrected chi connectivity index (χ0v) is 18.4. The Bertz CT molecular complexity index is 1190. The Hall–Kier alpha value is -3.83. The standard InChI is InChI=1S/C24H21FN4O2S/c1-15-13-19(11-12-22(15)28-23(30)20-5-3-4-6-21(20)25)29(32)24(31)27-16(2)18-9-7-17(14-26)8-10-18/h3-13,16,32H,1-2H3,(H,27,31)(H,28,30). The molecule has 0 saturated carbocycles. The molecule has 32 heavy (non-hydrogen) atoms. The van der Waals surface area contributed by atoms with E-state index < -0.39 is 17.8 Å². The Morgan fingerprint density at radius 3 is 2.41 bits per heavy atom. The van der Waals surface area contributed by atoms with E-state index in [1.807, 2.05) is 6.92 Å². The van der Waals surface area contributed by atoms with Crippen molar-refractivity contribution in [2.24, 2.45) is 0 Å². The third-order valence-corrected chi connectivity index (χ3v) is 5.31. The first-order valence-corrected chi connectivity index (χ1v) is 10.2. The third kappa shape index (κ3) is 5.25. The van der Waals surface area contributed by atoms with Gasteiger partial charge in [0.2, 0.25) is 0 Å². The first-order valence-electron chi connectivity index (χ1n) is 9.76. The number of nitriles is 1. The van der Waals surface area contributed by atoms with Crippen LogP contribution < -0.4 is 14.9 Å². The Kier molecular flexibility index (Phi) is 7.13. The number of nitrogens with zero attached hydrogens (tertiary/aromatic N) is 2. The Morgan fingerprint density at radius 1 is 1.09 bits per heavy atom. The van der Waals surface area contributed by atoms with E-state index in [-0.39, 0.29) is 11.6 Å². The number of hydrogen-bond donors (Lipinski definition) is 3. The highest BCUT2D eigenvalue weighted by atomic mass is 32.1. The van der Waals surface area contributed by atoms with E-state index in [0.29, 0.717) is 22.5 Å². The number of carbonyl (C=O) groups is 2. The smallest absolute Gasteiger partial charge is 0.330 e. The van der Waals surface area contributed by atoms with Gasteiger partial charge in [-0.3, -0.25) is 4.79 Å². The minimum absolute atomic E-state index is 0.0528. The number of rotatable bonds is 5. The van der Waals surface area contributed by atoms with Crippen LogP contribution in [0.25, 0.3) is 0 Å². The van der Waals surface area contributed by atoms with E-state index in [0.717, 1.165) is 9.87 Å². The fourth-order valence-corrected chi connectivity index (χ4v) is 3.23. The Labute approximate surface area is 191 Å². The van der Waals surface area contributed by atoms with Gasteiger partial charge in [-0.1, -0.05) is 37.1 Å². The van der Waals surface area contributed by atoms with Crippen LogP contribution in [0.2, 0.25) is 0 Å². The summed E-state index contributed by atoms with van der Waals surface area (Å²) in [4.78, 5) is 25.0. The zero-order chi connectivity index (χ0) is 23.3. The number of halogens is 1. The van der Waals surface area contributed by atoms with E-state index in [2.05, 4.69) is 29.5 Å². The highest BCUT2D eigenvalue weighted by Crippen LogP contribution is 2.25. The summed E-state index contributed by atoms with van der Waals surface area (Å²) in [6.07, 6.45) is 0. The van der Waals surface area contributed by atoms with Crippen LogP contribution in [-0.2, 0) is 0 Å². The van der Waals surface area contributed by atoms with Crippen LogP contribution in [0.5, 0.6) is 0 Å². The highest BCUT2D eigenvalue weighted by molar-refractivity contribution is 7.82. The summed E-state index contributed by atoms with van der Waals surface area (Å²) in [7, 11) is 0. The lowest BCUT2D eigenvalue weighted by Crippen LogP contribution is -2.35. The van der Waals surface area contributed by atoms with Crippen molar-refractivity contribution in [1.82, 2.24) is 5.32 Å². The lowest BCUT2D eigenvalue weighted by molar-refractivity contribution is 0.102. The number of aryl methyl sites for hydroxylation is 1. The first-order chi connectivity index (χ1) is 15.3. The fraction of sp³-hybridized carbons (Fsp3) is 0.125. The molecule has 3 rings (SSSR count). The molecule has 1 atom stereocenters. The minimum atomic E-state index is -0.603. The number of anilines is 2. The largest absolute Gasteiger partial charge is 0.332 e. The second-order valence-corrected chi connectivity index (χ2v) is 7.55. The van der Waals surface area contributed by atoms with Crippen LogP contribution in [0.3, 0.4) is 0 Å². The summed E-state index contributed by atoms with van der Waals surface area (Å²) in [6.45, 7) is 3.59. The molecule has 0 bridgehead atoms. The number of carbonyl (C=O) groups excluding carboxylic acids is 2. The fourth-order valence-electron chi connectivity index (χ4n) is 3.05. The van der Waals surface area contributed by atoms with Crippen molar-refractivity contribution in [1.29, 1.82) is 5.26 Å². The maximum atomic E-state index is 13.8. The van der Waals surface area contributed by atoms with Gasteiger partial charge in [0, 0.05) is 5.69 Å². The van der Waals surface area contributed by atoms with Gasteiger partial charge in [0.1, 0.15) is 5.82 Å². The molecule has 1 unspecified atom stereocenters. The number of amides is 3. The molecule has 0 saturated heterocycles. The third-order valence-electron chi connectivity index (χ3n) is 4.89. The maximum Gasteiger partial charge on any atom is 0.332 e. The molecule has 2 N–H and O–H groups in total. The average molecular weight is 449 g/mol. The second-order valence-electron chi connectivity index (χ2n) is 7.15. The molecule has 0 radical (unpaired) electrons. The van der Waals surface area contributed by atoms with Gasteiger partial charge in [0.25, 0.3) is 5.91 Å². The summed E-state index contributed by atoms with van der Waals surface area (Å²) in [5.41, 5.74) is 3.01. The van der Waals surface area contributed by atoms with Gasteiger partial charge in [0.05, 0.1) is 28.9 Å². The maximum absolute atomic E-state index is 13.8. The van der Waals surface area contributed by atoms with Gasteiger partial charge >= 0.3 is 6.03 Å². The molecule has 6 nitrogen and oxygen atoms in total. The van der Waals surface area contributed by atoms with Crippen LogP contribution in [-0.4, -0.2) is 11.9 Å². The van der Waals surface area contributed by atoms with Crippen LogP contribution in [0.1, 0.15) is 40.0 Å². The quantitative estimate of drug-likeness (QED) is 0.458. The summed E-state index contributed by atoms with van der Waals surface area (Å²) in [6, 6.07) is 18.9. The summed E-state index contributed by atoms with van der Waals surface area (Å²) < 4.78 is 15.0. The predicted molar refractivity (Wildman–Crippen MR) is 125 cm³/mol. The lowest BCUT2D eigenvalue weighted by Gasteiger charge is -2.21. The van der Waals surface area contributed by atoms with Crippen molar-refractivity contribution in [3.05, 3.63) is 94.8 Å². The monoisotopic (exact) mass is 448 g/mol. The molecular weight excluding hydrogens is 427 g/mol. The average Bonchev–Trinajstić information content (AvgIpc) is 2.80. The topological polar surface area (TPSA) is 85.2 Å². The van der Waals surface area contributed by atoms with Crippen molar-refractivity contribution >= 4 is 36.1 Å². The van der Waals surface area contributed by atoms with Crippen molar-refractivity contribution in [3.63, 3.8) is 0 Å². The van der Waals surface area contributed by atoms with Gasteiger partial charge in [-0.15, -0.1) is 0 Å². The summed E-state index contributed by atoms with van der Waals surface area (Å²) in [5, 5.41) is 14.4. The van der Waals surface area contributed by atoms with Crippen molar-refractivity contribution in [2.75, 3.05) is 9.62 Å². The molecule has 0 aliphatic carbocycles. The summed E-state index contributed by atoms with van der Waals surface area (Å²) in [5.74, 6) is -1.16. The van der Waals surface area contributed by atoms with Gasteiger partial charge in [-0.05, 0) is 67.4 Å². The lowest BCUT2D eigenvalue weighted by atomic mass is 10.1. The Balaban J connectivity index is 1.67. The van der Waals surface area contributed by atoms with Crippen LogP contribution in [0.4, 0.5) is 20.6 Å². The van der Waals surface area contributed by atoms with Gasteiger partial charge in [-0.25, -0.2) is 13.5 Å². The second kappa shape index (κ2) is 9.98. The normalized spacial score (nSPS) is 11.2. The van der Waals surface area contributed by atoms with E-state index >= 15 is 0 Å². The predicted octanol–water partition coefficient (Wildman–Crippen LogP) is 5.38. The molecule has 0 heterocycles. The minimum Gasteiger partial charge on any atom is -0.330 e. The van der Waals surface area contributed by atoms with E-state index in [1.165, 1.54) is 18.2 Å². The van der Waals surface area contributed by atoms with Crippen molar-refractivity contribution < 1.29 is 14.0 Å². The molecule has 162 valence electrons.